The lowest BCUT2D eigenvalue weighted by Gasteiger charge is -2.02. The highest BCUT2D eigenvalue weighted by Crippen LogP contribution is 2.16. The predicted molar refractivity (Wildman–Crippen MR) is 49.5 cm³/mol. The van der Waals surface area contributed by atoms with Gasteiger partial charge in [0.15, 0.2) is 5.65 Å². The molecule has 0 aliphatic carbocycles. The van der Waals surface area contributed by atoms with Gasteiger partial charge in [-0.05, 0) is 6.92 Å². The van der Waals surface area contributed by atoms with E-state index in [1.165, 1.54) is 6.08 Å². The Bertz CT molecular complexity index is 498. The molecule has 2 rings (SSSR count). The van der Waals surface area contributed by atoms with Gasteiger partial charge in [-0.2, -0.15) is 4.99 Å². The highest BCUT2D eigenvalue weighted by Gasteiger charge is 2.09. The van der Waals surface area contributed by atoms with E-state index in [0.29, 0.717) is 0 Å². The number of hydrogen-bond donors (Lipinski definition) is 0. The first-order valence-corrected chi connectivity index (χ1v) is 4.17. The molecule has 2 heterocycles. The first kappa shape index (κ1) is 8.59. The number of hydrogen-bond acceptors (Lipinski definition) is 4. The van der Waals surface area contributed by atoms with Crippen LogP contribution in [0.25, 0.3) is 5.65 Å². The molecule has 5 nitrogen and oxygen atoms in total. The summed E-state index contributed by atoms with van der Waals surface area (Å²) in [5.74, 6) is 0. The van der Waals surface area contributed by atoms with E-state index in [1.807, 2.05) is 11.3 Å². The smallest absolute Gasteiger partial charge is 0.235 e. The van der Waals surface area contributed by atoms with E-state index in [4.69, 9.17) is 0 Å². The molecule has 0 aromatic carbocycles. The summed E-state index contributed by atoms with van der Waals surface area (Å²) in [6, 6.07) is -0.232. The molecule has 0 aliphatic heterocycles. The van der Waals surface area contributed by atoms with Gasteiger partial charge in [-0.15, -0.1) is 0 Å². The van der Waals surface area contributed by atoms with Gasteiger partial charge < -0.3 is 0 Å². The lowest BCUT2D eigenvalue weighted by atomic mass is 10.3. The first-order chi connectivity index (χ1) is 6.83. The standard InChI is InChI=1S/C9H8N4O/c1-7(12-6-14)8-4-11-9-5-10-2-3-13(8)9/h2-5,7H,1H3. The summed E-state index contributed by atoms with van der Waals surface area (Å²) in [4.78, 5) is 21.8. The van der Waals surface area contributed by atoms with E-state index >= 15 is 0 Å². The molecule has 0 saturated carbocycles. The third-order valence-electron chi connectivity index (χ3n) is 2.02. The fourth-order valence-corrected chi connectivity index (χ4v) is 1.32. The lowest BCUT2D eigenvalue weighted by Crippen LogP contribution is -1.95. The number of isocyanates is 1. The van der Waals surface area contributed by atoms with Crippen molar-refractivity contribution in [2.24, 2.45) is 4.99 Å². The van der Waals surface area contributed by atoms with Crippen LogP contribution in [-0.4, -0.2) is 20.4 Å². The molecule has 1 unspecified atom stereocenters. The van der Waals surface area contributed by atoms with Gasteiger partial charge in [0, 0.05) is 12.4 Å². The van der Waals surface area contributed by atoms with E-state index in [2.05, 4.69) is 15.0 Å². The average molecular weight is 188 g/mol. The van der Waals surface area contributed by atoms with Crippen molar-refractivity contribution in [2.75, 3.05) is 0 Å². The van der Waals surface area contributed by atoms with Crippen LogP contribution in [0.15, 0.2) is 29.8 Å². The van der Waals surface area contributed by atoms with Crippen LogP contribution < -0.4 is 0 Å². The molecule has 14 heavy (non-hydrogen) atoms. The van der Waals surface area contributed by atoms with Crippen LogP contribution in [0.2, 0.25) is 0 Å². The number of fused-ring (bicyclic) bond motifs is 1. The third kappa shape index (κ3) is 1.30. The molecule has 0 N–H and O–H groups in total. The summed E-state index contributed by atoms with van der Waals surface area (Å²) in [5.41, 5.74) is 1.60. The van der Waals surface area contributed by atoms with Crippen LogP contribution in [0.1, 0.15) is 18.7 Å². The second-order valence-corrected chi connectivity index (χ2v) is 2.88. The average Bonchev–Trinajstić information content (AvgIpc) is 2.61. The van der Waals surface area contributed by atoms with Gasteiger partial charge in [0.1, 0.15) is 6.04 Å². The van der Waals surface area contributed by atoms with Gasteiger partial charge in [-0.1, -0.05) is 0 Å². The van der Waals surface area contributed by atoms with Gasteiger partial charge >= 0.3 is 0 Å². The summed E-state index contributed by atoms with van der Waals surface area (Å²) in [7, 11) is 0. The fraction of sp³-hybridized carbons (Fsp3) is 0.222. The monoisotopic (exact) mass is 188 g/mol. The van der Waals surface area contributed by atoms with Gasteiger partial charge in [-0.25, -0.2) is 9.78 Å². The molecule has 0 aliphatic rings. The van der Waals surface area contributed by atoms with E-state index in [9.17, 15) is 4.79 Å². The van der Waals surface area contributed by atoms with Gasteiger partial charge in [0.2, 0.25) is 6.08 Å². The van der Waals surface area contributed by atoms with Gasteiger partial charge in [0.05, 0.1) is 18.1 Å². The van der Waals surface area contributed by atoms with Crippen LogP contribution >= 0.6 is 0 Å². The lowest BCUT2D eigenvalue weighted by molar-refractivity contribution is 0.559. The highest BCUT2D eigenvalue weighted by atomic mass is 16.1. The maximum atomic E-state index is 10.1. The Hall–Kier alpha value is -2.00. The Morgan fingerprint density at radius 1 is 1.57 bits per heavy atom. The van der Waals surface area contributed by atoms with Gasteiger partial charge in [-0.3, -0.25) is 9.38 Å². The van der Waals surface area contributed by atoms with Crippen molar-refractivity contribution in [3.8, 4) is 0 Å². The molecular weight excluding hydrogens is 180 g/mol. The van der Waals surface area contributed by atoms with E-state index in [0.717, 1.165) is 11.3 Å². The summed E-state index contributed by atoms with van der Waals surface area (Å²) in [5, 5.41) is 0. The molecule has 0 fully saturated rings. The number of carbonyl (C=O) groups excluding carboxylic acids is 1. The van der Waals surface area contributed by atoms with Gasteiger partial charge in [0.25, 0.3) is 0 Å². The minimum absolute atomic E-state index is 0.232. The molecule has 2 aromatic rings. The number of imidazole rings is 1. The van der Waals surface area contributed by atoms with Crippen molar-refractivity contribution >= 4 is 11.7 Å². The molecule has 70 valence electrons. The van der Waals surface area contributed by atoms with Crippen LogP contribution in [-0.2, 0) is 4.79 Å². The molecule has 2 aromatic heterocycles. The molecule has 0 spiro atoms. The van der Waals surface area contributed by atoms with Crippen LogP contribution in [0, 0.1) is 0 Å². The van der Waals surface area contributed by atoms with Crippen molar-refractivity contribution in [1.29, 1.82) is 0 Å². The Balaban J connectivity index is 2.57. The molecule has 0 radical (unpaired) electrons. The Morgan fingerprint density at radius 2 is 2.43 bits per heavy atom. The summed E-state index contributed by atoms with van der Waals surface area (Å²) < 4.78 is 1.85. The zero-order chi connectivity index (χ0) is 9.97. The molecule has 0 saturated heterocycles. The maximum Gasteiger partial charge on any atom is 0.235 e. The van der Waals surface area contributed by atoms with Crippen molar-refractivity contribution in [2.45, 2.75) is 13.0 Å². The number of nitrogens with zero attached hydrogens (tertiary/aromatic N) is 4. The molecule has 1 atom stereocenters. The van der Waals surface area contributed by atoms with Crippen LogP contribution in [0.3, 0.4) is 0 Å². The number of rotatable bonds is 2. The fourth-order valence-electron chi connectivity index (χ4n) is 1.32. The summed E-state index contributed by atoms with van der Waals surface area (Å²) in [6.07, 6.45) is 8.32. The number of aromatic nitrogens is 3. The molecule has 0 bridgehead atoms. The third-order valence-corrected chi connectivity index (χ3v) is 2.02. The van der Waals surface area contributed by atoms with Crippen molar-refractivity contribution < 1.29 is 4.79 Å². The zero-order valence-electron chi connectivity index (χ0n) is 7.58. The minimum Gasteiger partial charge on any atom is -0.299 e. The number of aliphatic imine (C=N–C) groups is 1. The first-order valence-electron chi connectivity index (χ1n) is 4.17. The maximum absolute atomic E-state index is 10.1. The van der Waals surface area contributed by atoms with Crippen molar-refractivity contribution in [3.05, 3.63) is 30.5 Å². The quantitative estimate of drug-likeness (QED) is 0.524. The van der Waals surface area contributed by atoms with E-state index in [1.54, 1.807) is 24.8 Å². The SMILES string of the molecule is CC(N=C=O)c1cnc2cnccn12. The van der Waals surface area contributed by atoms with Crippen molar-refractivity contribution in [3.63, 3.8) is 0 Å². The van der Waals surface area contributed by atoms with Crippen LogP contribution in [0.4, 0.5) is 0 Å². The Kier molecular flexibility index (Phi) is 2.08. The molecule has 0 amide bonds. The van der Waals surface area contributed by atoms with E-state index in [-0.39, 0.29) is 6.04 Å². The second-order valence-electron chi connectivity index (χ2n) is 2.88. The zero-order valence-corrected chi connectivity index (χ0v) is 7.58. The summed E-state index contributed by atoms with van der Waals surface area (Å²) in [6.45, 7) is 1.81. The molecular formula is C9H8N4O. The molecule has 5 heteroatoms. The van der Waals surface area contributed by atoms with E-state index < -0.39 is 0 Å². The second kappa shape index (κ2) is 3.40. The normalized spacial score (nSPS) is 12.4. The highest BCUT2D eigenvalue weighted by molar-refractivity contribution is 5.39. The largest absolute Gasteiger partial charge is 0.299 e. The van der Waals surface area contributed by atoms with Crippen LogP contribution in [0.5, 0.6) is 0 Å². The predicted octanol–water partition coefficient (Wildman–Crippen LogP) is 1.13. The van der Waals surface area contributed by atoms with Crippen molar-refractivity contribution in [1.82, 2.24) is 14.4 Å². The Labute approximate surface area is 80.1 Å². The Morgan fingerprint density at radius 3 is 3.21 bits per heavy atom. The minimum atomic E-state index is -0.232. The summed E-state index contributed by atoms with van der Waals surface area (Å²) >= 11 is 0. The topological polar surface area (TPSA) is 59.6 Å².